The van der Waals surface area contributed by atoms with Crippen LogP contribution in [0.3, 0.4) is 0 Å². The Morgan fingerprint density at radius 1 is 0.935 bits per heavy atom. The number of nitrogens with two attached hydrogens (primary N) is 1. The maximum absolute atomic E-state index is 6.65. The van der Waals surface area contributed by atoms with Crippen LogP contribution < -0.4 is 5.32 Å². The number of aromatic nitrogens is 1. The lowest BCUT2D eigenvalue weighted by atomic mass is 9.82. The first kappa shape index (κ1) is 20.6. The van der Waals surface area contributed by atoms with Gasteiger partial charge in [0.1, 0.15) is 0 Å². The van der Waals surface area contributed by atoms with Gasteiger partial charge < -0.3 is 10.3 Å². The molecule has 0 amide bonds. The van der Waals surface area contributed by atoms with Gasteiger partial charge in [0, 0.05) is 32.1 Å². The maximum Gasteiger partial charge on any atom is 0.153 e. The van der Waals surface area contributed by atoms with Crippen molar-refractivity contribution in [3.05, 3.63) is 105 Å². The maximum atomic E-state index is 6.65. The zero-order valence-electron chi connectivity index (χ0n) is 18.0. The summed E-state index contributed by atoms with van der Waals surface area (Å²) in [5, 5.41) is 5.11. The number of nitrogens with one attached hydrogen (secondary N) is 1. The van der Waals surface area contributed by atoms with Crippen molar-refractivity contribution in [3.63, 3.8) is 0 Å². The van der Waals surface area contributed by atoms with Crippen LogP contribution in [0.4, 0.5) is 0 Å². The monoisotopic (exact) mass is 449 g/mol. The van der Waals surface area contributed by atoms with Crippen molar-refractivity contribution in [1.82, 2.24) is 4.98 Å². The van der Waals surface area contributed by atoms with Gasteiger partial charge in [-0.1, -0.05) is 92.5 Å². The molecule has 0 saturated carbocycles. The van der Waals surface area contributed by atoms with Gasteiger partial charge in [-0.25, -0.2) is 0 Å². The second-order valence-electron chi connectivity index (χ2n) is 9.54. The summed E-state index contributed by atoms with van der Waals surface area (Å²) in [6.45, 7) is 7.70. The molecule has 0 aliphatic carbocycles. The predicted molar refractivity (Wildman–Crippen MR) is 130 cm³/mol. The van der Waals surface area contributed by atoms with Gasteiger partial charge in [-0.15, -0.1) is 0 Å². The first-order valence-corrected chi connectivity index (χ1v) is 11.6. The number of fused-ring (bicyclic) bond motifs is 3. The Morgan fingerprint density at radius 2 is 1.68 bits per heavy atom. The molecule has 1 aliphatic rings. The molecule has 0 spiro atoms. The lowest BCUT2D eigenvalue weighted by molar-refractivity contribution is -0.692. The molecule has 1 aromatic heterocycles. The molecule has 0 fully saturated rings. The second-order valence-corrected chi connectivity index (χ2v) is 10.4. The van der Waals surface area contributed by atoms with Crippen LogP contribution in [0.25, 0.3) is 10.9 Å². The van der Waals surface area contributed by atoms with E-state index < -0.39 is 0 Å². The summed E-state index contributed by atoms with van der Waals surface area (Å²) in [4.78, 5) is 3.74. The molecule has 0 unspecified atom stereocenters. The van der Waals surface area contributed by atoms with Crippen LogP contribution in [-0.4, -0.2) is 11.5 Å². The van der Waals surface area contributed by atoms with Crippen molar-refractivity contribution in [3.8, 4) is 0 Å². The van der Waals surface area contributed by atoms with Crippen LogP contribution in [0.2, 0.25) is 10.0 Å². The summed E-state index contributed by atoms with van der Waals surface area (Å²) in [5.41, 5.74) is 7.76. The summed E-state index contributed by atoms with van der Waals surface area (Å²) >= 11 is 12.8. The average molecular weight is 450 g/mol. The summed E-state index contributed by atoms with van der Waals surface area (Å²) in [5.74, 6) is 0.209. The van der Waals surface area contributed by atoms with Gasteiger partial charge in [0.05, 0.1) is 18.2 Å². The lowest BCUT2D eigenvalue weighted by Crippen LogP contribution is -2.88. The quantitative estimate of drug-likeness (QED) is 0.346. The van der Waals surface area contributed by atoms with Gasteiger partial charge in [-0.3, -0.25) is 0 Å². The molecule has 2 atom stereocenters. The van der Waals surface area contributed by atoms with Crippen molar-refractivity contribution in [2.75, 3.05) is 6.54 Å². The van der Waals surface area contributed by atoms with E-state index >= 15 is 0 Å². The molecular formula is C27H27Cl2N2+. The van der Waals surface area contributed by atoms with Crippen LogP contribution in [0.5, 0.6) is 0 Å². The highest BCUT2D eigenvalue weighted by Crippen LogP contribution is 2.41. The molecule has 0 radical (unpaired) electrons. The smallest absolute Gasteiger partial charge is 0.153 e. The van der Waals surface area contributed by atoms with E-state index in [0.29, 0.717) is 5.02 Å². The van der Waals surface area contributed by atoms with Gasteiger partial charge in [-0.05, 0) is 34.7 Å². The Morgan fingerprint density at radius 3 is 2.39 bits per heavy atom. The number of rotatable bonds is 2. The van der Waals surface area contributed by atoms with E-state index in [1.807, 2.05) is 12.1 Å². The molecule has 3 aromatic carbocycles. The highest BCUT2D eigenvalue weighted by Gasteiger charge is 2.36. The van der Waals surface area contributed by atoms with E-state index in [9.17, 15) is 0 Å². The van der Waals surface area contributed by atoms with Crippen molar-refractivity contribution < 1.29 is 5.32 Å². The summed E-state index contributed by atoms with van der Waals surface area (Å²) in [6, 6.07) is 23.8. The Bertz CT molecular complexity index is 1250. The first-order valence-electron chi connectivity index (χ1n) is 10.8. The zero-order valence-corrected chi connectivity index (χ0v) is 19.6. The fourth-order valence-corrected chi connectivity index (χ4v) is 5.41. The van der Waals surface area contributed by atoms with Crippen LogP contribution in [0, 0.1) is 0 Å². The molecule has 158 valence electrons. The third kappa shape index (κ3) is 3.67. The number of halogens is 2. The normalized spacial score (nSPS) is 18.9. The summed E-state index contributed by atoms with van der Waals surface area (Å²) in [7, 11) is 0. The van der Waals surface area contributed by atoms with Crippen LogP contribution in [0.1, 0.15) is 60.7 Å². The molecule has 2 nitrogen and oxygen atoms in total. The van der Waals surface area contributed by atoms with E-state index in [1.165, 1.54) is 33.3 Å². The molecule has 4 heteroatoms. The lowest BCUT2D eigenvalue weighted by Gasteiger charge is -2.29. The highest BCUT2D eigenvalue weighted by molar-refractivity contribution is 6.35. The molecule has 1 aliphatic heterocycles. The number of para-hydroxylation sites is 1. The van der Waals surface area contributed by atoms with Crippen LogP contribution in [-0.2, 0) is 5.41 Å². The standard InChI is InChI=1S/C27H26Cl2N2/c1-27(2,3)17-10-8-16(9-11-17)25-26-24(20-6-4-5-7-23(20)31-26)21(15-30-25)19-13-12-18(28)14-22(19)29/h4-14,21,25,30-31H,15H2,1-3H3/p+1/t21-,25+/m1/s1. The molecule has 4 aromatic rings. The number of hydrogen-bond donors (Lipinski definition) is 2. The Kier molecular flexibility index (Phi) is 5.13. The Labute approximate surface area is 193 Å². The van der Waals surface area contributed by atoms with E-state index in [0.717, 1.165) is 17.1 Å². The third-order valence-electron chi connectivity index (χ3n) is 6.52. The Balaban J connectivity index is 1.64. The number of H-pyrrole nitrogens is 1. The second kappa shape index (κ2) is 7.70. The van der Waals surface area contributed by atoms with Crippen LogP contribution in [0.15, 0.2) is 66.7 Å². The van der Waals surface area contributed by atoms with Crippen molar-refractivity contribution in [2.24, 2.45) is 0 Å². The van der Waals surface area contributed by atoms with Crippen LogP contribution >= 0.6 is 23.2 Å². The largest absolute Gasteiger partial charge is 0.353 e. The topological polar surface area (TPSA) is 32.4 Å². The SMILES string of the molecule is CC(C)(C)c1ccc([C@@H]2[NH2+]C[C@H](c3ccc(Cl)cc3Cl)c3c2[nH]c2ccccc32)cc1. The molecular weight excluding hydrogens is 423 g/mol. The molecule has 0 saturated heterocycles. The predicted octanol–water partition coefficient (Wildman–Crippen LogP) is 6.57. The first-order chi connectivity index (χ1) is 14.8. The minimum absolute atomic E-state index is 0.150. The Hall–Kier alpha value is -2.26. The molecule has 3 N–H and O–H groups in total. The minimum atomic E-state index is 0.150. The van der Waals surface area contributed by atoms with E-state index in [1.54, 1.807) is 0 Å². The fourth-order valence-electron chi connectivity index (χ4n) is 4.87. The van der Waals surface area contributed by atoms with Gasteiger partial charge in [0.2, 0.25) is 0 Å². The zero-order chi connectivity index (χ0) is 21.8. The van der Waals surface area contributed by atoms with Gasteiger partial charge in [-0.2, -0.15) is 0 Å². The number of benzene rings is 3. The average Bonchev–Trinajstić information content (AvgIpc) is 3.13. The van der Waals surface area contributed by atoms with Gasteiger partial charge in [0.25, 0.3) is 0 Å². The third-order valence-corrected chi connectivity index (χ3v) is 7.08. The van der Waals surface area contributed by atoms with Crippen molar-refractivity contribution in [1.29, 1.82) is 0 Å². The molecule has 31 heavy (non-hydrogen) atoms. The highest BCUT2D eigenvalue weighted by atomic mass is 35.5. The number of hydrogen-bond acceptors (Lipinski definition) is 0. The molecule has 2 heterocycles. The number of quaternary nitrogens is 1. The van der Waals surface area contributed by atoms with Gasteiger partial charge in [0.15, 0.2) is 6.04 Å². The fraction of sp³-hybridized carbons (Fsp3) is 0.259. The molecule has 0 bridgehead atoms. The summed E-state index contributed by atoms with van der Waals surface area (Å²) in [6.07, 6.45) is 0. The van der Waals surface area contributed by atoms with E-state index in [-0.39, 0.29) is 17.4 Å². The summed E-state index contributed by atoms with van der Waals surface area (Å²) < 4.78 is 0. The minimum Gasteiger partial charge on any atom is -0.353 e. The van der Waals surface area contributed by atoms with E-state index in [4.69, 9.17) is 23.2 Å². The van der Waals surface area contributed by atoms with Crippen molar-refractivity contribution >= 4 is 34.1 Å². The van der Waals surface area contributed by atoms with Crippen molar-refractivity contribution in [2.45, 2.75) is 38.1 Å². The molecule has 5 rings (SSSR count). The number of aromatic amines is 1. The van der Waals surface area contributed by atoms with E-state index in [2.05, 4.69) is 85.7 Å². The van der Waals surface area contributed by atoms with Gasteiger partial charge >= 0.3 is 0 Å².